The lowest BCUT2D eigenvalue weighted by molar-refractivity contribution is -0.264. The van der Waals surface area contributed by atoms with E-state index in [1.807, 2.05) is 0 Å². The van der Waals surface area contributed by atoms with Crippen LogP contribution in [0.3, 0.4) is 0 Å². The molecule has 2 aromatic rings. The number of hydrogen-bond acceptors (Lipinski definition) is 11. The second-order valence-corrected chi connectivity index (χ2v) is 10.7. The normalized spacial score (nSPS) is 26.1. The van der Waals surface area contributed by atoms with Gasteiger partial charge in [-0.1, -0.05) is 32.5 Å². The third kappa shape index (κ3) is 7.92. The number of aromatic hydroxyl groups is 1. The van der Waals surface area contributed by atoms with Gasteiger partial charge in [-0.2, -0.15) is 0 Å². The van der Waals surface area contributed by atoms with Crippen molar-refractivity contribution >= 4 is 22.7 Å². The van der Waals surface area contributed by atoms with Crippen molar-refractivity contribution < 1.29 is 59.5 Å². The van der Waals surface area contributed by atoms with Gasteiger partial charge in [0.2, 0.25) is 5.43 Å². The van der Waals surface area contributed by atoms with Crippen LogP contribution in [0.4, 0.5) is 0 Å². The topological polar surface area (TPSA) is 221 Å². The molecule has 6 atom stereocenters. The molecular formula is C31H38O13. The minimum absolute atomic E-state index is 0. The zero-order chi connectivity index (χ0) is 31.4. The smallest absolute Gasteiger partial charge is 0.328 e. The number of hydrogen-bond donors (Lipinski definition) is 7. The van der Waals surface area contributed by atoms with Crippen LogP contribution < -0.4 is 10.2 Å². The molecule has 240 valence electrons. The molecule has 1 aliphatic carbocycles. The number of phenols is 1. The standard InChI is InChI=1S/C30H34O13.CH4/c1-14-26(36)29(39)22(43-30(14)40)13-42-21-10-16(6-7-41-20-5-2-15(9-19(20)31)11-23(32)33)8-17-3-4-18(12-24(34)35)27(37)25(17)28(21)38;/h3-4,8-11,14,20,22,26,29-31,36-37,39-40H,2,5-7,12-13H2,1H3,(H,32,33)(H,34,35);1H4/b15-11+;. The Morgan fingerprint density at radius 3 is 2.48 bits per heavy atom. The van der Waals surface area contributed by atoms with E-state index in [9.17, 15) is 45.0 Å². The highest BCUT2D eigenvalue weighted by Gasteiger charge is 2.41. The third-order valence-electron chi connectivity index (χ3n) is 7.56. The molecule has 1 heterocycles. The van der Waals surface area contributed by atoms with Crippen LogP contribution in [0.1, 0.15) is 38.3 Å². The lowest BCUT2D eigenvalue weighted by atomic mass is 9.93. The second-order valence-electron chi connectivity index (χ2n) is 10.7. The number of rotatable bonds is 10. The second kappa shape index (κ2) is 14.6. The summed E-state index contributed by atoms with van der Waals surface area (Å²) in [6.45, 7) is 1.12. The van der Waals surface area contributed by atoms with Gasteiger partial charge < -0.3 is 50.0 Å². The quantitative estimate of drug-likeness (QED) is 0.189. The Morgan fingerprint density at radius 1 is 1.09 bits per heavy atom. The van der Waals surface area contributed by atoms with Gasteiger partial charge in [-0.15, -0.1) is 0 Å². The molecule has 1 saturated heterocycles. The molecule has 2 aromatic carbocycles. The molecule has 13 nitrogen and oxygen atoms in total. The molecule has 2 aliphatic rings. The highest BCUT2D eigenvalue weighted by molar-refractivity contribution is 5.91. The summed E-state index contributed by atoms with van der Waals surface area (Å²) in [5, 5.41) is 70.1. The predicted molar refractivity (Wildman–Crippen MR) is 157 cm³/mol. The first-order chi connectivity index (χ1) is 20.3. The van der Waals surface area contributed by atoms with Crippen LogP contribution in [0.2, 0.25) is 0 Å². The molecule has 0 radical (unpaired) electrons. The Balaban J connectivity index is 0.00000529. The number of carboxylic acid groups (broad SMARTS) is 2. The third-order valence-corrected chi connectivity index (χ3v) is 7.56. The number of phenolic OH excluding ortho intramolecular Hbond substituents is 1. The van der Waals surface area contributed by atoms with E-state index in [1.165, 1.54) is 31.2 Å². The molecule has 4 rings (SSSR count). The Bertz CT molecular complexity index is 1500. The average Bonchev–Trinajstić information content (AvgIpc) is 3.07. The maximum absolute atomic E-state index is 13.6. The number of aliphatic carboxylic acids is 2. The minimum Gasteiger partial charge on any atom is -0.510 e. The van der Waals surface area contributed by atoms with Crippen molar-refractivity contribution in [3.63, 3.8) is 0 Å². The van der Waals surface area contributed by atoms with E-state index in [-0.39, 0.29) is 42.9 Å². The molecule has 1 fully saturated rings. The SMILES string of the molecule is C.CC1C(O)OC(COc2cc(CCOC3CC/C(=C\C(=O)O)C=C3O)cc3ccc(CC(=O)O)c(O)c3c2=O)C(O)C1O. The van der Waals surface area contributed by atoms with E-state index in [0.717, 1.165) is 6.08 Å². The first-order valence-corrected chi connectivity index (χ1v) is 13.7. The van der Waals surface area contributed by atoms with E-state index >= 15 is 0 Å². The molecule has 0 spiro atoms. The number of carboxylic acids is 2. The van der Waals surface area contributed by atoms with Gasteiger partial charge in [0, 0.05) is 17.6 Å². The summed E-state index contributed by atoms with van der Waals surface area (Å²) >= 11 is 0. The Kier molecular flexibility index (Phi) is 11.5. The van der Waals surface area contributed by atoms with Crippen LogP contribution >= 0.6 is 0 Å². The van der Waals surface area contributed by atoms with Crippen molar-refractivity contribution in [1.82, 2.24) is 0 Å². The number of fused-ring (bicyclic) bond motifs is 1. The number of carbonyl (C=O) groups is 2. The van der Waals surface area contributed by atoms with Crippen LogP contribution in [0.15, 0.2) is 52.5 Å². The summed E-state index contributed by atoms with van der Waals surface area (Å²) in [6, 6.07) is 5.89. The average molecular weight is 619 g/mol. The van der Waals surface area contributed by atoms with Gasteiger partial charge in [0.15, 0.2) is 12.0 Å². The zero-order valence-corrected chi connectivity index (χ0v) is 23.3. The van der Waals surface area contributed by atoms with Crippen molar-refractivity contribution in [3.05, 3.63) is 69.1 Å². The van der Waals surface area contributed by atoms with Gasteiger partial charge in [-0.3, -0.25) is 9.59 Å². The van der Waals surface area contributed by atoms with Crippen LogP contribution in [0.25, 0.3) is 10.8 Å². The summed E-state index contributed by atoms with van der Waals surface area (Å²) in [5.41, 5.74) is 0.218. The largest absolute Gasteiger partial charge is 0.510 e. The van der Waals surface area contributed by atoms with Gasteiger partial charge in [0.1, 0.15) is 36.4 Å². The molecule has 0 amide bonds. The zero-order valence-electron chi connectivity index (χ0n) is 23.3. The van der Waals surface area contributed by atoms with Gasteiger partial charge in [0.25, 0.3) is 0 Å². The molecule has 0 aromatic heterocycles. The summed E-state index contributed by atoms with van der Waals surface area (Å²) in [5.74, 6) is -4.01. The molecule has 13 heteroatoms. The number of aliphatic hydroxyl groups is 4. The van der Waals surface area contributed by atoms with E-state index in [1.54, 1.807) is 6.07 Å². The summed E-state index contributed by atoms with van der Waals surface area (Å²) < 4.78 is 16.9. The lowest BCUT2D eigenvalue weighted by Gasteiger charge is -2.39. The van der Waals surface area contributed by atoms with E-state index < -0.39 is 72.8 Å². The molecule has 7 N–H and O–H groups in total. The maximum Gasteiger partial charge on any atom is 0.328 e. The molecule has 0 saturated carbocycles. The molecule has 1 aliphatic heterocycles. The van der Waals surface area contributed by atoms with Gasteiger partial charge in [-0.25, -0.2) is 4.79 Å². The molecule has 44 heavy (non-hydrogen) atoms. The van der Waals surface area contributed by atoms with Crippen LogP contribution in [0.5, 0.6) is 11.5 Å². The summed E-state index contributed by atoms with van der Waals surface area (Å²) in [7, 11) is 0. The minimum atomic E-state index is -1.42. The van der Waals surface area contributed by atoms with Crippen LogP contribution in [0, 0.1) is 5.92 Å². The van der Waals surface area contributed by atoms with E-state index in [4.69, 9.17) is 19.3 Å². The Morgan fingerprint density at radius 2 is 1.82 bits per heavy atom. The highest BCUT2D eigenvalue weighted by Crippen LogP contribution is 2.30. The number of aliphatic hydroxyl groups excluding tert-OH is 4. The van der Waals surface area contributed by atoms with Gasteiger partial charge in [-0.05, 0) is 47.9 Å². The predicted octanol–water partition coefficient (Wildman–Crippen LogP) is 1.80. The lowest BCUT2D eigenvalue weighted by Crippen LogP contribution is -2.55. The number of ether oxygens (including phenoxy) is 3. The summed E-state index contributed by atoms with van der Waals surface area (Å²) in [6.07, 6.45) is -3.21. The number of benzene rings is 1. The highest BCUT2D eigenvalue weighted by atomic mass is 16.6. The fourth-order valence-corrected chi connectivity index (χ4v) is 5.12. The van der Waals surface area contributed by atoms with Crippen molar-refractivity contribution in [2.75, 3.05) is 13.2 Å². The fourth-order valence-electron chi connectivity index (χ4n) is 5.12. The summed E-state index contributed by atoms with van der Waals surface area (Å²) in [4.78, 5) is 35.8. The molecular weight excluding hydrogens is 580 g/mol. The van der Waals surface area contributed by atoms with Crippen molar-refractivity contribution in [1.29, 1.82) is 0 Å². The Hall–Kier alpha value is -4.01. The van der Waals surface area contributed by atoms with Gasteiger partial charge in [0.05, 0.1) is 24.5 Å². The van der Waals surface area contributed by atoms with E-state index in [2.05, 4.69) is 0 Å². The Labute approximate surface area is 252 Å². The van der Waals surface area contributed by atoms with Crippen molar-refractivity contribution in [2.24, 2.45) is 5.92 Å². The molecule has 6 unspecified atom stereocenters. The first kappa shape index (κ1) is 34.5. The van der Waals surface area contributed by atoms with Crippen molar-refractivity contribution in [3.8, 4) is 11.5 Å². The van der Waals surface area contributed by atoms with Gasteiger partial charge >= 0.3 is 11.9 Å². The number of allylic oxidation sites excluding steroid dienone is 2. The van der Waals surface area contributed by atoms with E-state index in [0.29, 0.717) is 29.4 Å². The first-order valence-electron chi connectivity index (χ1n) is 13.7. The maximum atomic E-state index is 13.6. The fraction of sp³-hybridized carbons (Fsp3) is 0.452. The molecule has 0 bridgehead atoms. The van der Waals surface area contributed by atoms with Crippen LogP contribution in [-0.4, -0.2) is 91.6 Å². The van der Waals surface area contributed by atoms with Crippen molar-refractivity contribution in [2.45, 2.75) is 70.7 Å². The monoisotopic (exact) mass is 618 g/mol. The van der Waals surface area contributed by atoms with Crippen LogP contribution in [-0.2, 0) is 31.9 Å².